The smallest absolute Gasteiger partial charge is 0.330 e. The average Bonchev–Trinajstić information content (AvgIpc) is 2.46. The minimum absolute atomic E-state index is 0.390. The van der Waals surface area contributed by atoms with Crippen LogP contribution in [0, 0.1) is 11.3 Å². The van der Waals surface area contributed by atoms with E-state index < -0.39 is 12.0 Å². The first kappa shape index (κ1) is 14.1. The molecule has 1 atom stereocenters. The Bertz CT molecular complexity index is 665. The van der Waals surface area contributed by atoms with Crippen molar-refractivity contribution < 1.29 is 9.90 Å². The van der Waals surface area contributed by atoms with Gasteiger partial charge < -0.3 is 10.4 Å². The van der Waals surface area contributed by atoms with Crippen LogP contribution < -0.4 is 5.32 Å². The molecule has 0 fully saturated rings. The van der Waals surface area contributed by atoms with Gasteiger partial charge in [0.25, 0.3) is 0 Å². The van der Waals surface area contributed by atoms with Gasteiger partial charge >= 0.3 is 5.97 Å². The maximum atomic E-state index is 11.4. The molecule has 0 aliphatic carbocycles. The fraction of sp³-hybridized carbons (Fsp3) is 0.0667. The first-order valence-electron chi connectivity index (χ1n) is 5.86. The zero-order valence-corrected chi connectivity index (χ0v) is 12.0. The van der Waals surface area contributed by atoms with Gasteiger partial charge in [0.2, 0.25) is 0 Å². The molecule has 0 radical (unpaired) electrons. The molecule has 4 nitrogen and oxygen atoms in total. The molecular weight excluding hydrogens is 320 g/mol. The Morgan fingerprint density at radius 1 is 1.25 bits per heavy atom. The summed E-state index contributed by atoms with van der Waals surface area (Å²) in [6.45, 7) is 0. The molecule has 2 N–H and O–H groups in total. The van der Waals surface area contributed by atoms with Crippen LogP contribution >= 0.6 is 15.9 Å². The van der Waals surface area contributed by atoms with Gasteiger partial charge in [-0.15, -0.1) is 0 Å². The zero-order chi connectivity index (χ0) is 14.5. The molecule has 2 aromatic rings. The Kier molecular flexibility index (Phi) is 4.38. The topological polar surface area (TPSA) is 73.1 Å². The lowest BCUT2D eigenvalue weighted by molar-refractivity contribution is -0.138. The van der Waals surface area contributed by atoms with Gasteiger partial charge in [0.1, 0.15) is 6.07 Å². The van der Waals surface area contributed by atoms with Crippen LogP contribution in [0.1, 0.15) is 17.2 Å². The van der Waals surface area contributed by atoms with Crippen molar-refractivity contribution in [1.82, 2.24) is 0 Å². The van der Waals surface area contributed by atoms with E-state index >= 15 is 0 Å². The highest BCUT2D eigenvalue weighted by Gasteiger charge is 2.20. The number of rotatable bonds is 4. The number of carboxylic acid groups (broad SMARTS) is 1. The molecule has 2 aromatic carbocycles. The lowest BCUT2D eigenvalue weighted by Gasteiger charge is -2.17. The van der Waals surface area contributed by atoms with E-state index in [1.165, 1.54) is 0 Å². The number of nitrogens with zero attached hydrogens (tertiary/aromatic N) is 1. The van der Waals surface area contributed by atoms with Crippen LogP contribution in [0.25, 0.3) is 0 Å². The van der Waals surface area contributed by atoms with E-state index in [2.05, 4.69) is 21.2 Å². The number of anilines is 1. The molecular formula is C15H11BrN2O2. The Labute approximate surface area is 124 Å². The summed E-state index contributed by atoms with van der Waals surface area (Å²) >= 11 is 3.28. The predicted octanol–water partition coefficient (Wildman–Crippen LogP) is 3.56. The molecule has 1 unspecified atom stereocenters. The lowest BCUT2D eigenvalue weighted by atomic mass is 10.1. The average molecular weight is 331 g/mol. The number of carboxylic acids is 1. The van der Waals surface area contributed by atoms with E-state index in [1.807, 2.05) is 12.1 Å². The summed E-state index contributed by atoms with van der Waals surface area (Å²) in [6.07, 6.45) is 0. The normalized spacial score (nSPS) is 11.4. The van der Waals surface area contributed by atoms with Crippen LogP contribution in [0.5, 0.6) is 0 Å². The van der Waals surface area contributed by atoms with E-state index in [0.29, 0.717) is 16.8 Å². The number of aliphatic carboxylic acids is 1. The van der Waals surface area contributed by atoms with Crippen LogP contribution in [0.4, 0.5) is 5.69 Å². The van der Waals surface area contributed by atoms with Crippen molar-refractivity contribution in [2.45, 2.75) is 6.04 Å². The number of hydrogen-bond acceptors (Lipinski definition) is 3. The molecule has 0 saturated carbocycles. The van der Waals surface area contributed by atoms with Crippen LogP contribution in [-0.4, -0.2) is 11.1 Å². The van der Waals surface area contributed by atoms with Crippen LogP contribution in [0.15, 0.2) is 53.0 Å². The largest absolute Gasteiger partial charge is 0.479 e. The van der Waals surface area contributed by atoms with Crippen LogP contribution in [-0.2, 0) is 4.79 Å². The van der Waals surface area contributed by atoms with Gasteiger partial charge in [0.15, 0.2) is 6.04 Å². The molecule has 0 spiro atoms. The minimum atomic E-state index is -0.997. The van der Waals surface area contributed by atoms with Crippen LogP contribution in [0.2, 0.25) is 0 Å². The van der Waals surface area contributed by atoms with E-state index in [-0.39, 0.29) is 0 Å². The van der Waals surface area contributed by atoms with E-state index in [0.717, 1.165) is 4.47 Å². The number of nitrogens with one attached hydrogen (secondary N) is 1. The second-order valence-corrected chi connectivity index (χ2v) is 5.04. The Hall–Kier alpha value is -2.32. The molecule has 0 amide bonds. The summed E-state index contributed by atoms with van der Waals surface area (Å²) in [6, 6.07) is 15.1. The highest BCUT2D eigenvalue weighted by molar-refractivity contribution is 9.10. The third-order valence-electron chi connectivity index (χ3n) is 2.78. The maximum Gasteiger partial charge on any atom is 0.330 e. The number of nitriles is 1. The van der Waals surface area contributed by atoms with Crippen molar-refractivity contribution >= 4 is 27.6 Å². The number of carbonyl (C=O) groups is 1. The van der Waals surface area contributed by atoms with Gasteiger partial charge in [-0.05, 0) is 23.8 Å². The fourth-order valence-corrected chi connectivity index (χ4v) is 2.18. The molecule has 0 saturated heterocycles. The van der Waals surface area contributed by atoms with E-state index in [4.69, 9.17) is 5.26 Å². The first-order chi connectivity index (χ1) is 9.61. The van der Waals surface area contributed by atoms with Gasteiger partial charge in [-0.2, -0.15) is 5.26 Å². The number of benzene rings is 2. The molecule has 2 rings (SSSR count). The van der Waals surface area contributed by atoms with Gasteiger partial charge in [0.05, 0.1) is 11.3 Å². The third-order valence-corrected chi connectivity index (χ3v) is 3.28. The fourth-order valence-electron chi connectivity index (χ4n) is 1.82. The van der Waals surface area contributed by atoms with E-state index in [9.17, 15) is 9.90 Å². The summed E-state index contributed by atoms with van der Waals surface area (Å²) in [5.41, 5.74) is 1.51. The summed E-state index contributed by atoms with van der Waals surface area (Å²) in [5, 5.41) is 21.4. The molecule has 0 bridgehead atoms. The van der Waals surface area contributed by atoms with Crippen molar-refractivity contribution in [3.05, 3.63) is 64.1 Å². The lowest BCUT2D eigenvalue weighted by Crippen LogP contribution is -2.20. The third kappa shape index (κ3) is 3.16. The molecule has 0 aliphatic rings. The Morgan fingerprint density at radius 3 is 2.55 bits per heavy atom. The Balaban J connectivity index is 2.35. The van der Waals surface area contributed by atoms with Crippen molar-refractivity contribution in [1.29, 1.82) is 5.26 Å². The molecule has 0 aliphatic heterocycles. The van der Waals surface area contributed by atoms with Crippen molar-refractivity contribution in [2.75, 3.05) is 5.32 Å². The van der Waals surface area contributed by atoms with Crippen molar-refractivity contribution in [2.24, 2.45) is 0 Å². The Morgan fingerprint density at radius 2 is 1.95 bits per heavy atom. The predicted molar refractivity (Wildman–Crippen MR) is 79.3 cm³/mol. The molecule has 0 heterocycles. The monoisotopic (exact) mass is 330 g/mol. The molecule has 5 heteroatoms. The molecule has 20 heavy (non-hydrogen) atoms. The van der Waals surface area contributed by atoms with Gasteiger partial charge in [-0.1, -0.05) is 46.3 Å². The van der Waals surface area contributed by atoms with E-state index in [1.54, 1.807) is 42.5 Å². The number of hydrogen-bond donors (Lipinski definition) is 2. The quantitative estimate of drug-likeness (QED) is 0.898. The summed E-state index contributed by atoms with van der Waals surface area (Å²) in [7, 11) is 0. The summed E-state index contributed by atoms with van der Waals surface area (Å²) in [4.78, 5) is 11.4. The second-order valence-electron chi connectivity index (χ2n) is 4.13. The minimum Gasteiger partial charge on any atom is -0.479 e. The molecule has 0 aromatic heterocycles. The van der Waals surface area contributed by atoms with Gasteiger partial charge in [-0.25, -0.2) is 4.79 Å². The SMILES string of the molecule is N#Cc1cc(Br)ccc1NC(C(=O)O)c1ccccc1. The summed E-state index contributed by atoms with van der Waals surface area (Å²) < 4.78 is 0.770. The summed E-state index contributed by atoms with van der Waals surface area (Å²) in [5.74, 6) is -0.997. The molecule has 100 valence electrons. The van der Waals surface area contributed by atoms with Gasteiger partial charge in [0, 0.05) is 4.47 Å². The maximum absolute atomic E-state index is 11.4. The zero-order valence-electron chi connectivity index (χ0n) is 10.4. The standard InChI is InChI=1S/C15H11BrN2O2/c16-12-6-7-13(11(8-12)9-17)18-14(15(19)20)10-4-2-1-3-5-10/h1-8,14,18H,(H,19,20). The van der Waals surface area contributed by atoms with Gasteiger partial charge in [-0.3, -0.25) is 0 Å². The van der Waals surface area contributed by atoms with Crippen molar-refractivity contribution in [3.8, 4) is 6.07 Å². The second kappa shape index (κ2) is 6.22. The first-order valence-corrected chi connectivity index (χ1v) is 6.65. The highest BCUT2D eigenvalue weighted by Crippen LogP contribution is 2.25. The van der Waals surface area contributed by atoms with Crippen molar-refractivity contribution in [3.63, 3.8) is 0 Å². The number of halogens is 1. The van der Waals surface area contributed by atoms with Crippen LogP contribution in [0.3, 0.4) is 0 Å². The highest BCUT2D eigenvalue weighted by atomic mass is 79.9.